The summed E-state index contributed by atoms with van der Waals surface area (Å²) in [7, 11) is 1.24. The summed E-state index contributed by atoms with van der Waals surface area (Å²) in [5.41, 5.74) is 1.41. The number of piperazine rings is 1. The van der Waals surface area contributed by atoms with E-state index in [1.807, 2.05) is 6.07 Å². The van der Waals surface area contributed by atoms with Crippen LogP contribution in [0.4, 0.5) is 0 Å². The Bertz CT molecular complexity index is 808. The van der Waals surface area contributed by atoms with Gasteiger partial charge in [0.25, 0.3) is 5.91 Å². The average molecular weight is 328 g/mol. The van der Waals surface area contributed by atoms with Gasteiger partial charge in [-0.25, -0.2) is 4.98 Å². The molecule has 1 atom stereocenters. The first-order chi connectivity index (χ1) is 11.6. The lowest BCUT2D eigenvalue weighted by Gasteiger charge is -2.34. The van der Waals surface area contributed by atoms with Gasteiger partial charge < -0.3 is 15.0 Å². The lowest BCUT2D eigenvalue weighted by molar-refractivity contribution is -0.145. The largest absolute Gasteiger partial charge is 0.469 e. The number of ether oxygens (including phenoxy) is 1. The molecular formula is C16H16N4O4. The summed E-state index contributed by atoms with van der Waals surface area (Å²) in [6.45, 7) is 0.615. The number of fused-ring (bicyclic) bond motifs is 1. The molecule has 8 heteroatoms. The van der Waals surface area contributed by atoms with E-state index in [1.165, 1.54) is 18.2 Å². The predicted octanol–water partition coefficient (Wildman–Crippen LogP) is 0.134. The highest BCUT2D eigenvalue weighted by Crippen LogP contribution is 2.15. The first kappa shape index (κ1) is 15.9. The number of nitrogens with one attached hydrogen (secondary N) is 1. The van der Waals surface area contributed by atoms with E-state index in [9.17, 15) is 14.4 Å². The van der Waals surface area contributed by atoms with Crippen LogP contribution in [-0.2, 0) is 14.3 Å². The summed E-state index contributed by atoms with van der Waals surface area (Å²) in [6, 6.07) is 6.28. The summed E-state index contributed by atoms with van der Waals surface area (Å²) in [4.78, 5) is 46.2. The number of para-hydroxylation sites is 2. The summed E-state index contributed by atoms with van der Waals surface area (Å²) in [6.07, 6.45) is 1.18. The Morgan fingerprint density at radius 3 is 2.83 bits per heavy atom. The molecule has 2 aromatic rings. The molecule has 124 valence electrons. The topological polar surface area (TPSA) is 101 Å². The first-order valence-corrected chi connectivity index (χ1v) is 7.47. The highest BCUT2D eigenvalue weighted by Gasteiger charge is 2.36. The zero-order valence-electron chi connectivity index (χ0n) is 13.1. The van der Waals surface area contributed by atoms with E-state index in [4.69, 9.17) is 0 Å². The fourth-order valence-electron chi connectivity index (χ4n) is 2.61. The number of nitrogens with zero attached hydrogens (tertiary/aromatic N) is 3. The van der Waals surface area contributed by atoms with Gasteiger partial charge in [-0.05, 0) is 12.1 Å². The second-order valence-electron chi connectivity index (χ2n) is 5.33. The molecule has 2 amide bonds. The Kier molecular flexibility index (Phi) is 4.37. The van der Waals surface area contributed by atoms with E-state index in [-0.39, 0.29) is 18.0 Å². The molecule has 0 spiro atoms. The number of carbonyl (C=O) groups excluding carboxylic acids is 3. The van der Waals surface area contributed by atoms with Crippen molar-refractivity contribution in [3.05, 3.63) is 36.2 Å². The van der Waals surface area contributed by atoms with Gasteiger partial charge in [0.15, 0.2) is 0 Å². The van der Waals surface area contributed by atoms with Gasteiger partial charge in [0.1, 0.15) is 11.7 Å². The Morgan fingerprint density at radius 1 is 1.33 bits per heavy atom. The van der Waals surface area contributed by atoms with Crippen molar-refractivity contribution < 1.29 is 19.1 Å². The zero-order chi connectivity index (χ0) is 17.1. The van der Waals surface area contributed by atoms with Crippen LogP contribution in [0.3, 0.4) is 0 Å². The van der Waals surface area contributed by atoms with Gasteiger partial charge in [-0.2, -0.15) is 0 Å². The number of esters is 1. The highest BCUT2D eigenvalue weighted by molar-refractivity contribution is 5.98. The van der Waals surface area contributed by atoms with Crippen LogP contribution in [0.5, 0.6) is 0 Å². The van der Waals surface area contributed by atoms with Crippen molar-refractivity contribution in [2.24, 2.45) is 0 Å². The van der Waals surface area contributed by atoms with Crippen LogP contribution in [0.25, 0.3) is 11.0 Å². The maximum atomic E-state index is 12.8. The minimum atomic E-state index is -0.910. The number of hydrogen-bond acceptors (Lipinski definition) is 6. The standard InChI is InChI=1S/C16H16N4O4/c1-24-14(21)8-13-15(22)17-6-7-20(13)16(23)12-9-18-10-4-2-3-5-11(10)19-12/h2-5,9,13H,6-8H2,1H3,(H,17,22). The van der Waals surface area contributed by atoms with Gasteiger partial charge in [0.2, 0.25) is 5.91 Å². The number of aromatic nitrogens is 2. The third-order valence-electron chi connectivity index (χ3n) is 3.85. The predicted molar refractivity (Wildman–Crippen MR) is 84.0 cm³/mol. The molecule has 1 aromatic heterocycles. The minimum Gasteiger partial charge on any atom is -0.469 e. The Labute approximate surface area is 137 Å². The normalized spacial score (nSPS) is 17.5. The second kappa shape index (κ2) is 6.61. The Balaban J connectivity index is 1.89. The molecule has 0 saturated carbocycles. The van der Waals surface area contributed by atoms with Crippen molar-refractivity contribution in [2.45, 2.75) is 12.5 Å². The number of hydrogen-bond donors (Lipinski definition) is 1. The average Bonchev–Trinajstić information content (AvgIpc) is 2.62. The molecule has 1 aliphatic heterocycles. The van der Waals surface area contributed by atoms with Crippen LogP contribution in [-0.4, -0.2) is 58.9 Å². The van der Waals surface area contributed by atoms with Crippen molar-refractivity contribution >= 4 is 28.8 Å². The molecule has 3 rings (SSSR count). The van der Waals surface area contributed by atoms with Crippen molar-refractivity contribution in [3.63, 3.8) is 0 Å². The first-order valence-electron chi connectivity index (χ1n) is 7.47. The van der Waals surface area contributed by atoms with Crippen molar-refractivity contribution in [2.75, 3.05) is 20.2 Å². The van der Waals surface area contributed by atoms with E-state index in [0.717, 1.165) is 0 Å². The van der Waals surface area contributed by atoms with E-state index in [0.29, 0.717) is 24.1 Å². The van der Waals surface area contributed by atoms with Crippen molar-refractivity contribution in [1.29, 1.82) is 0 Å². The molecule has 0 radical (unpaired) electrons. The van der Waals surface area contributed by atoms with E-state index in [1.54, 1.807) is 18.2 Å². The molecule has 1 unspecified atom stereocenters. The third-order valence-corrected chi connectivity index (χ3v) is 3.85. The molecule has 1 saturated heterocycles. The number of benzene rings is 1. The van der Waals surface area contributed by atoms with Gasteiger partial charge >= 0.3 is 5.97 Å². The lowest BCUT2D eigenvalue weighted by atomic mass is 10.1. The number of amides is 2. The fourth-order valence-corrected chi connectivity index (χ4v) is 2.61. The van der Waals surface area contributed by atoms with Gasteiger partial charge in [-0.1, -0.05) is 12.1 Å². The van der Waals surface area contributed by atoms with Gasteiger partial charge in [0, 0.05) is 13.1 Å². The van der Waals surface area contributed by atoms with Crippen LogP contribution in [0.2, 0.25) is 0 Å². The Hall–Kier alpha value is -3.03. The number of carbonyl (C=O) groups is 3. The smallest absolute Gasteiger partial charge is 0.308 e. The van der Waals surface area contributed by atoms with Crippen molar-refractivity contribution in [1.82, 2.24) is 20.2 Å². The van der Waals surface area contributed by atoms with Crippen molar-refractivity contribution in [3.8, 4) is 0 Å². The molecule has 1 fully saturated rings. The van der Waals surface area contributed by atoms with Gasteiger partial charge in [0.05, 0.1) is 30.8 Å². The van der Waals surface area contributed by atoms with Crippen LogP contribution >= 0.6 is 0 Å². The van der Waals surface area contributed by atoms with Crippen LogP contribution < -0.4 is 5.32 Å². The van der Waals surface area contributed by atoms with E-state index >= 15 is 0 Å². The highest BCUT2D eigenvalue weighted by atomic mass is 16.5. The second-order valence-corrected chi connectivity index (χ2v) is 5.33. The van der Waals surface area contributed by atoms with Crippen LogP contribution in [0.1, 0.15) is 16.9 Å². The lowest BCUT2D eigenvalue weighted by Crippen LogP contribution is -2.58. The SMILES string of the molecule is COC(=O)CC1C(=O)NCCN1C(=O)c1cnc2ccccc2n1. The molecule has 24 heavy (non-hydrogen) atoms. The fraction of sp³-hybridized carbons (Fsp3) is 0.312. The maximum absolute atomic E-state index is 12.8. The maximum Gasteiger partial charge on any atom is 0.308 e. The molecular weight excluding hydrogens is 312 g/mol. The molecule has 1 aromatic carbocycles. The molecule has 1 aliphatic rings. The molecule has 0 bridgehead atoms. The Morgan fingerprint density at radius 2 is 2.08 bits per heavy atom. The summed E-state index contributed by atoms with van der Waals surface area (Å²) in [5, 5.41) is 2.65. The van der Waals surface area contributed by atoms with Crippen LogP contribution in [0.15, 0.2) is 30.5 Å². The van der Waals surface area contributed by atoms with E-state index in [2.05, 4.69) is 20.0 Å². The summed E-state index contributed by atoms with van der Waals surface area (Å²) < 4.78 is 4.61. The van der Waals surface area contributed by atoms with Crippen LogP contribution in [0, 0.1) is 0 Å². The summed E-state index contributed by atoms with van der Waals surface area (Å²) in [5.74, 6) is -1.37. The molecule has 1 N–H and O–H groups in total. The third kappa shape index (κ3) is 3.03. The van der Waals surface area contributed by atoms with Gasteiger partial charge in [-0.3, -0.25) is 19.4 Å². The van der Waals surface area contributed by atoms with E-state index < -0.39 is 17.9 Å². The quantitative estimate of drug-likeness (QED) is 0.804. The number of methoxy groups -OCH3 is 1. The monoisotopic (exact) mass is 328 g/mol. The zero-order valence-corrected chi connectivity index (χ0v) is 13.1. The molecule has 2 heterocycles. The summed E-state index contributed by atoms with van der Waals surface area (Å²) >= 11 is 0. The number of rotatable bonds is 3. The van der Waals surface area contributed by atoms with Gasteiger partial charge in [-0.15, -0.1) is 0 Å². The minimum absolute atomic E-state index is 0.137. The molecule has 0 aliphatic carbocycles. The molecule has 8 nitrogen and oxygen atoms in total.